The molecule has 0 aliphatic carbocycles. The normalized spacial score (nSPS) is 16.9. The zero-order valence-corrected chi connectivity index (χ0v) is 18.6. The number of nitrogens with zero attached hydrogens (tertiary/aromatic N) is 6. The molecule has 2 aliphatic rings. The van der Waals surface area contributed by atoms with Crippen LogP contribution in [-0.2, 0) is 19.5 Å². The van der Waals surface area contributed by atoms with Crippen LogP contribution in [0, 0.1) is 0 Å². The molecule has 1 aromatic carbocycles. The Labute approximate surface area is 183 Å². The average molecular weight is 428 g/mol. The van der Waals surface area contributed by atoms with E-state index >= 15 is 0 Å². The highest BCUT2D eigenvalue weighted by Crippen LogP contribution is 2.28. The summed E-state index contributed by atoms with van der Waals surface area (Å²) >= 11 is 0. The van der Waals surface area contributed by atoms with Crippen molar-refractivity contribution >= 4 is 11.6 Å². The maximum Gasteiger partial charge on any atom is 0.345 e. The summed E-state index contributed by atoms with van der Waals surface area (Å²) in [5, 5.41) is 7.96. The molecule has 0 saturated carbocycles. The number of nitrogens with one attached hydrogen (secondary N) is 1. The van der Waals surface area contributed by atoms with Gasteiger partial charge in [-0.15, -0.1) is 0 Å². The van der Waals surface area contributed by atoms with E-state index in [1.54, 1.807) is 11.8 Å². The Bertz CT molecular complexity index is 957. The largest absolute Gasteiger partial charge is 0.495 e. The van der Waals surface area contributed by atoms with Gasteiger partial charge in [-0.05, 0) is 31.4 Å². The number of rotatable bonds is 6. The van der Waals surface area contributed by atoms with Gasteiger partial charge in [0.1, 0.15) is 11.6 Å². The smallest absolute Gasteiger partial charge is 0.345 e. The van der Waals surface area contributed by atoms with Gasteiger partial charge in [-0.1, -0.05) is 12.1 Å². The standard InChI is InChI=1S/C22H33N7O2/c1-23-21(24-11-7-13-29-22(30)28-12-6-5-10-20(28)25-29)27-16-14-26(15-17-27)18-8-3-4-9-19(18)31-2/h3-4,8-9H,5-7,10-17H2,1-2H3,(H,23,24). The van der Waals surface area contributed by atoms with Gasteiger partial charge in [0.05, 0.1) is 12.8 Å². The summed E-state index contributed by atoms with van der Waals surface area (Å²) in [6.45, 7) is 5.81. The molecule has 4 rings (SSSR count). The number of benzene rings is 1. The van der Waals surface area contributed by atoms with E-state index < -0.39 is 0 Å². The molecule has 0 radical (unpaired) electrons. The number of methoxy groups -OCH3 is 1. The molecule has 1 saturated heterocycles. The van der Waals surface area contributed by atoms with Gasteiger partial charge >= 0.3 is 5.69 Å². The second kappa shape index (κ2) is 9.89. The molecule has 31 heavy (non-hydrogen) atoms. The summed E-state index contributed by atoms with van der Waals surface area (Å²) in [4.78, 5) is 21.5. The van der Waals surface area contributed by atoms with Crippen LogP contribution in [0.4, 0.5) is 5.69 Å². The van der Waals surface area contributed by atoms with Crippen LogP contribution in [0.15, 0.2) is 34.1 Å². The van der Waals surface area contributed by atoms with Crippen LogP contribution < -0.4 is 20.6 Å². The number of fused-ring (bicyclic) bond motifs is 1. The van der Waals surface area contributed by atoms with E-state index in [0.717, 1.165) is 88.2 Å². The van der Waals surface area contributed by atoms with Crippen LogP contribution in [0.25, 0.3) is 0 Å². The SMILES string of the molecule is CN=C(NCCCn1nc2n(c1=O)CCCC2)N1CCN(c2ccccc2OC)CC1. The third kappa shape index (κ3) is 4.70. The maximum absolute atomic E-state index is 12.4. The number of aliphatic imine (C=N–C) groups is 1. The molecule has 0 atom stereocenters. The van der Waals surface area contributed by atoms with E-state index in [9.17, 15) is 4.79 Å². The lowest BCUT2D eigenvalue weighted by atomic mass is 10.2. The summed E-state index contributed by atoms with van der Waals surface area (Å²) in [5.41, 5.74) is 1.17. The number of aromatic nitrogens is 3. The van der Waals surface area contributed by atoms with Crippen molar-refractivity contribution in [3.05, 3.63) is 40.6 Å². The molecule has 9 heteroatoms. The van der Waals surface area contributed by atoms with Crippen LogP contribution in [0.5, 0.6) is 5.75 Å². The lowest BCUT2D eigenvalue weighted by molar-refractivity contribution is 0.366. The minimum atomic E-state index is 0.0338. The van der Waals surface area contributed by atoms with E-state index in [1.165, 1.54) is 0 Å². The number of piperazine rings is 1. The van der Waals surface area contributed by atoms with Crippen molar-refractivity contribution in [1.29, 1.82) is 0 Å². The number of aryl methyl sites for hydroxylation is 2. The topological polar surface area (TPSA) is 79.9 Å². The average Bonchev–Trinajstić information content (AvgIpc) is 3.15. The van der Waals surface area contributed by atoms with Crippen LogP contribution in [0.1, 0.15) is 25.1 Å². The number of anilines is 1. The minimum absolute atomic E-state index is 0.0338. The molecule has 0 unspecified atom stereocenters. The Kier molecular flexibility index (Phi) is 6.79. The highest BCUT2D eigenvalue weighted by atomic mass is 16.5. The van der Waals surface area contributed by atoms with Crippen molar-refractivity contribution in [2.75, 3.05) is 51.8 Å². The maximum atomic E-state index is 12.4. The van der Waals surface area contributed by atoms with Crippen molar-refractivity contribution in [1.82, 2.24) is 24.6 Å². The summed E-state index contributed by atoms with van der Waals surface area (Å²) in [6.07, 6.45) is 3.93. The lowest BCUT2D eigenvalue weighted by Gasteiger charge is -2.38. The molecule has 1 fully saturated rings. The predicted octanol–water partition coefficient (Wildman–Crippen LogP) is 1.18. The molecule has 1 N–H and O–H groups in total. The van der Waals surface area contributed by atoms with Crippen LogP contribution in [0.2, 0.25) is 0 Å². The van der Waals surface area contributed by atoms with Gasteiger partial charge in [-0.25, -0.2) is 9.48 Å². The van der Waals surface area contributed by atoms with Crippen LogP contribution >= 0.6 is 0 Å². The Morgan fingerprint density at radius 1 is 1.16 bits per heavy atom. The van der Waals surface area contributed by atoms with Crippen molar-refractivity contribution in [3.8, 4) is 5.75 Å². The van der Waals surface area contributed by atoms with E-state index in [4.69, 9.17) is 4.74 Å². The second-order valence-electron chi connectivity index (χ2n) is 8.00. The Morgan fingerprint density at radius 2 is 1.97 bits per heavy atom. The monoisotopic (exact) mass is 427 g/mol. The number of ether oxygens (including phenoxy) is 1. The van der Waals surface area contributed by atoms with Crippen molar-refractivity contribution in [2.24, 2.45) is 4.99 Å². The van der Waals surface area contributed by atoms with E-state index in [-0.39, 0.29) is 5.69 Å². The molecule has 2 aliphatic heterocycles. The molecular formula is C22H33N7O2. The molecule has 0 amide bonds. The van der Waals surface area contributed by atoms with Crippen molar-refractivity contribution in [2.45, 2.75) is 38.8 Å². The third-order valence-corrected chi connectivity index (χ3v) is 6.08. The van der Waals surface area contributed by atoms with Gasteiger partial charge < -0.3 is 19.9 Å². The van der Waals surface area contributed by atoms with Gasteiger partial charge in [0.15, 0.2) is 5.96 Å². The zero-order valence-electron chi connectivity index (χ0n) is 18.6. The zero-order chi connectivity index (χ0) is 21.6. The molecule has 3 heterocycles. The highest BCUT2D eigenvalue weighted by Gasteiger charge is 2.21. The first-order chi connectivity index (χ1) is 15.2. The first kappa shape index (κ1) is 21.3. The quantitative estimate of drug-likeness (QED) is 0.424. The molecular weight excluding hydrogens is 394 g/mol. The number of hydrogen-bond acceptors (Lipinski definition) is 5. The molecule has 9 nitrogen and oxygen atoms in total. The van der Waals surface area contributed by atoms with Gasteiger partial charge in [0.25, 0.3) is 0 Å². The van der Waals surface area contributed by atoms with E-state index in [1.807, 2.05) is 29.8 Å². The summed E-state index contributed by atoms with van der Waals surface area (Å²) < 4.78 is 8.96. The highest BCUT2D eigenvalue weighted by molar-refractivity contribution is 5.80. The van der Waals surface area contributed by atoms with Gasteiger partial charge in [-0.2, -0.15) is 5.10 Å². The van der Waals surface area contributed by atoms with Crippen molar-refractivity contribution in [3.63, 3.8) is 0 Å². The molecule has 1 aromatic heterocycles. The Balaban J connectivity index is 1.25. The van der Waals surface area contributed by atoms with Crippen molar-refractivity contribution < 1.29 is 4.74 Å². The van der Waals surface area contributed by atoms with Crippen LogP contribution in [0.3, 0.4) is 0 Å². The summed E-state index contributed by atoms with van der Waals surface area (Å²) in [7, 11) is 3.54. The van der Waals surface area contributed by atoms with E-state index in [2.05, 4.69) is 31.3 Å². The third-order valence-electron chi connectivity index (χ3n) is 6.08. The first-order valence-electron chi connectivity index (χ1n) is 11.2. The van der Waals surface area contributed by atoms with E-state index in [0.29, 0.717) is 6.54 Å². The first-order valence-corrected chi connectivity index (χ1v) is 11.2. The van der Waals surface area contributed by atoms with Crippen LogP contribution in [-0.4, -0.2) is 72.1 Å². The molecule has 0 bridgehead atoms. The van der Waals surface area contributed by atoms with Gasteiger partial charge in [0.2, 0.25) is 0 Å². The molecule has 168 valence electrons. The van der Waals surface area contributed by atoms with Gasteiger partial charge in [0, 0.05) is 59.3 Å². The Morgan fingerprint density at radius 3 is 2.71 bits per heavy atom. The predicted molar refractivity (Wildman–Crippen MR) is 122 cm³/mol. The molecule has 0 spiro atoms. The number of hydrogen-bond donors (Lipinski definition) is 1. The fourth-order valence-electron chi connectivity index (χ4n) is 4.41. The summed E-state index contributed by atoms with van der Waals surface area (Å²) in [5.74, 6) is 2.76. The van der Waals surface area contributed by atoms with Gasteiger partial charge in [-0.3, -0.25) is 9.56 Å². The number of para-hydroxylation sites is 2. The fourth-order valence-corrected chi connectivity index (χ4v) is 4.41. The lowest BCUT2D eigenvalue weighted by Crippen LogP contribution is -2.52. The minimum Gasteiger partial charge on any atom is -0.495 e. The number of guanidine groups is 1. The second-order valence-corrected chi connectivity index (χ2v) is 8.00. The Hall–Kier alpha value is -2.97. The molecule has 2 aromatic rings. The fraction of sp³-hybridized carbons (Fsp3) is 0.591. The summed E-state index contributed by atoms with van der Waals surface area (Å²) in [6, 6.07) is 8.16.